The van der Waals surface area contributed by atoms with E-state index in [1.807, 2.05) is 0 Å². The Labute approximate surface area is 107 Å². The molecule has 1 aliphatic rings. The lowest BCUT2D eigenvalue weighted by molar-refractivity contribution is 0.554. The van der Waals surface area contributed by atoms with E-state index in [9.17, 15) is 8.42 Å². The molecule has 0 fully saturated rings. The summed E-state index contributed by atoms with van der Waals surface area (Å²) in [5.74, 6) is 0. The van der Waals surface area contributed by atoms with Gasteiger partial charge in [-0.15, -0.1) is 0 Å². The lowest BCUT2D eigenvalue weighted by Gasteiger charge is -2.27. The number of nitrogens with two attached hydrogens (primary N) is 2. The van der Waals surface area contributed by atoms with Crippen molar-refractivity contribution in [3.63, 3.8) is 0 Å². The molecule has 18 heavy (non-hydrogen) atoms. The number of hydrogen-bond donors (Lipinski definition) is 2. The Morgan fingerprint density at radius 3 is 2.50 bits per heavy atom. The lowest BCUT2D eigenvalue weighted by Crippen LogP contribution is -2.46. The molecular formula is C13H16N2O2S. The molecule has 96 valence electrons. The van der Waals surface area contributed by atoms with Crippen LogP contribution < -0.4 is 11.5 Å². The summed E-state index contributed by atoms with van der Waals surface area (Å²) in [5.41, 5.74) is 12.8. The molecule has 0 aromatic heterocycles. The molecule has 0 heterocycles. The zero-order valence-corrected chi connectivity index (χ0v) is 10.9. The third-order valence-electron chi connectivity index (χ3n) is 3.10. The highest BCUT2D eigenvalue weighted by Crippen LogP contribution is 2.30. The molecule has 0 saturated carbocycles. The molecule has 0 bridgehead atoms. The van der Waals surface area contributed by atoms with E-state index < -0.39 is 14.7 Å². The van der Waals surface area contributed by atoms with Crippen molar-refractivity contribution in [1.82, 2.24) is 0 Å². The molecule has 1 atom stereocenters. The average molecular weight is 264 g/mol. The Hall–Kier alpha value is -1.59. The minimum absolute atomic E-state index is 0.187. The Bertz CT molecular complexity index is 632. The van der Waals surface area contributed by atoms with Gasteiger partial charge >= 0.3 is 0 Å². The fourth-order valence-electron chi connectivity index (χ4n) is 1.91. The summed E-state index contributed by atoms with van der Waals surface area (Å²) in [7, 11) is -3.62. The largest absolute Gasteiger partial charge is 0.399 e. The zero-order chi connectivity index (χ0) is 13.4. The molecule has 0 radical (unpaired) electrons. The minimum Gasteiger partial charge on any atom is -0.399 e. The molecule has 1 aromatic carbocycles. The van der Waals surface area contributed by atoms with Gasteiger partial charge in [0.15, 0.2) is 0 Å². The van der Waals surface area contributed by atoms with E-state index in [2.05, 4.69) is 0 Å². The Kier molecular flexibility index (Phi) is 3.04. The molecule has 5 heteroatoms. The maximum Gasteiger partial charge on any atom is 0.201 e. The van der Waals surface area contributed by atoms with Gasteiger partial charge in [-0.25, -0.2) is 8.42 Å². The second-order valence-corrected chi connectivity index (χ2v) is 6.67. The van der Waals surface area contributed by atoms with Crippen LogP contribution in [0.2, 0.25) is 0 Å². The van der Waals surface area contributed by atoms with Crippen molar-refractivity contribution in [3.05, 3.63) is 53.8 Å². The second-order valence-electron chi connectivity index (χ2n) is 4.47. The van der Waals surface area contributed by atoms with Crippen molar-refractivity contribution in [2.24, 2.45) is 11.5 Å². The zero-order valence-electron chi connectivity index (χ0n) is 10.1. The van der Waals surface area contributed by atoms with Gasteiger partial charge in [-0.3, -0.25) is 0 Å². The summed E-state index contributed by atoms with van der Waals surface area (Å²) in [5, 5.41) is 0. The van der Waals surface area contributed by atoms with Crippen LogP contribution >= 0.6 is 0 Å². The third kappa shape index (κ3) is 1.95. The van der Waals surface area contributed by atoms with Crippen LogP contribution in [0.5, 0.6) is 0 Å². The monoisotopic (exact) mass is 264 g/mol. The summed E-state index contributed by atoms with van der Waals surface area (Å²) < 4.78 is 25.2. The first kappa shape index (κ1) is 12.9. The van der Waals surface area contributed by atoms with Gasteiger partial charge in [-0.2, -0.15) is 0 Å². The van der Waals surface area contributed by atoms with Crippen molar-refractivity contribution in [2.75, 3.05) is 0 Å². The van der Waals surface area contributed by atoms with Crippen LogP contribution in [0.25, 0.3) is 0 Å². The fraction of sp³-hybridized carbons (Fsp3) is 0.231. The van der Waals surface area contributed by atoms with Gasteiger partial charge in [-0.1, -0.05) is 24.3 Å². The smallest absolute Gasteiger partial charge is 0.201 e. The van der Waals surface area contributed by atoms with Crippen LogP contribution in [-0.2, 0) is 9.84 Å². The number of hydrogen-bond acceptors (Lipinski definition) is 4. The Balaban J connectivity index is 2.51. The summed E-state index contributed by atoms with van der Waals surface area (Å²) in [6.45, 7) is 1.76. The van der Waals surface area contributed by atoms with Crippen LogP contribution in [0.1, 0.15) is 12.0 Å². The molecular weight excluding hydrogens is 248 g/mol. The molecule has 4 nitrogen and oxygen atoms in total. The maximum atomic E-state index is 12.6. The van der Waals surface area contributed by atoms with Gasteiger partial charge in [0.25, 0.3) is 0 Å². The van der Waals surface area contributed by atoms with E-state index >= 15 is 0 Å². The normalized spacial score (nSPS) is 23.8. The molecule has 0 saturated heterocycles. The maximum absolute atomic E-state index is 12.6. The quantitative estimate of drug-likeness (QED) is 0.841. The molecule has 1 aromatic rings. The highest BCUT2D eigenvalue weighted by Gasteiger charge is 2.39. The molecule has 2 rings (SSSR count). The predicted octanol–water partition coefficient (Wildman–Crippen LogP) is 1.23. The standard InChI is InChI=1S/C13H16N2O2S/c1-10-4-2-3-5-12(10)18(16,17)13(15)8-6-11(14)7-9-13/h2-8H,9,14-15H2,1H3. The third-order valence-corrected chi connectivity index (χ3v) is 5.44. The first-order chi connectivity index (χ1) is 8.37. The van der Waals surface area contributed by atoms with E-state index in [1.165, 1.54) is 6.08 Å². The van der Waals surface area contributed by atoms with Crippen molar-refractivity contribution in [1.29, 1.82) is 0 Å². The van der Waals surface area contributed by atoms with E-state index in [1.54, 1.807) is 43.3 Å². The van der Waals surface area contributed by atoms with Crippen LogP contribution in [0.4, 0.5) is 0 Å². The van der Waals surface area contributed by atoms with E-state index in [4.69, 9.17) is 11.5 Å². The van der Waals surface area contributed by atoms with Gasteiger partial charge in [0.2, 0.25) is 9.84 Å². The SMILES string of the molecule is Cc1ccccc1S(=O)(=O)C1(N)C=CC(N)=CC1. The highest BCUT2D eigenvalue weighted by atomic mass is 32.2. The summed E-state index contributed by atoms with van der Waals surface area (Å²) in [6.07, 6.45) is 4.82. The second kappa shape index (κ2) is 4.26. The number of benzene rings is 1. The fourth-order valence-corrected chi connectivity index (χ4v) is 3.62. The molecule has 0 spiro atoms. The van der Waals surface area contributed by atoms with Gasteiger partial charge in [0.1, 0.15) is 4.87 Å². The van der Waals surface area contributed by atoms with Crippen LogP contribution in [-0.4, -0.2) is 13.3 Å². The molecule has 0 aliphatic heterocycles. The average Bonchev–Trinajstić information content (AvgIpc) is 2.33. The van der Waals surface area contributed by atoms with Gasteiger partial charge < -0.3 is 11.5 Å². The van der Waals surface area contributed by atoms with Crippen molar-refractivity contribution < 1.29 is 8.42 Å². The highest BCUT2D eigenvalue weighted by molar-refractivity contribution is 7.93. The van der Waals surface area contributed by atoms with Crippen LogP contribution in [0, 0.1) is 6.92 Å². The summed E-state index contributed by atoms with van der Waals surface area (Å²) in [4.78, 5) is -1.15. The lowest BCUT2D eigenvalue weighted by atomic mass is 10.1. The number of allylic oxidation sites excluding steroid dienone is 1. The van der Waals surface area contributed by atoms with Crippen molar-refractivity contribution in [3.8, 4) is 0 Å². The number of sulfone groups is 1. The number of aryl methyl sites for hydroxylation is 1. The van der Waals surface area contributed by atoms with Gasteiger partial charge in [0.05, 0.1) is 4.90 Å². The summed E-state index contributed by atoms with van der Waals surface area (Å²) in [6, 6.07) is 6.83. The van der Waals surface area contributed by atoms with Crippen molar-refractivity contribution in [2.45, 2.75) is 23.1 Å². The first-order valence-electron chi connectivity index (χ1n) is 5.61. The minimum atomic E-state index is -3.62. The molecule has 1 unspecified atom stereocenters. The number of rotatable bonds is 2. The van der Waals surface area contributed by atoms with Crippen molar-refractivity contribution >= 4 is 9.84 Å². The summed E-state index contributed by atoms with van der Waals surface area (Å²) >= 11 is 0. The Morgan fingerprint density at radius 1 is 1.28 bits per heavy atom. The van der Waals surface area contributed by atoms with Crippen LogP contribution in [0.3, 0.4) is 0 Å². The molecule has 1 aliphatic carbocycles. The van der Waals surface area contributed by atoms with Gasteiger partial charge in [0, 0.05) is 12.1 Å². The van der Waals surface area contributed by atoms with E-state index in [0.29, 0.717) is 11.3 Å². The van der Waals surface area contributed by atoms with Crippen LogP contribution in [0.15, 0.2) is 53.1 Å². The Morgan fingerprint density at radius 2 is 1.94 bits per heavy atom. The topological polar surface area (TPSA) is 86.2 Å². The van der Waals surface area contributed by atoms with E-state index in [-0.39, 0.29) is 11.3 Å². The van der Waals surface area contributed by atoms with Gasteiger partial charge in [-0.05, 0) is 30.7 Å². The predicted molar refractivity (Wildman–Crippen MR) is 71.3 cm³/mol. The molecule has 0 amide bonds. The molecule has 4 N–H and O–H groups in total. The first-order valence-corrected chi connectivity index (χ1v) is 7.09. The van der Waals surface area contributed by atoms with E-state index in [0.717, 1.165) is 0 Å².